The molecule has 0 N–H and O–H groups in total. The highest BCUT2D eigenvalue weighted by Crippen LogP contribution is 2.57. The molecule has 5 heteroatoms. The third-order valence-corrected chi connectivity index (χ3v) is 6.66. The van der Waals surface area contributed by atoms with Crippen molar-refractivity contribution in [2.75, 3.05) is 0 Å². The Morgan fingerprint density at radius 2 is 1.64 bits per heavy atom. The molecule has 0 spiro atoms. The molecule has 2 nitrogen and oxygen atoms in total. The molecular formula is C23H20F3NO. The quantitative estimate of drug-likeness (QED) is 0.522. The summed E-state index contributed by atoms with van der Waals surface area (Å²) < 4.78 is 40.5. The van der Waals surface area contributed by atoms with Crippen LogP contribution < -0.4 is 0 Å². The Balaban J connectivity index is 1.52. The van der Waals surface area contributed by atoms with Crippen LogP contribution in [0.3, 0.4) is 0 Å². The fourth-order valence-electron chi connectivity index (χ4n) is 5.46. The first-order chi connectivity index (χ1) is 13.4. The lowest BCUT2D eigenvalue weighted by molar-refractivity contribution is -0.137. The van der Waals surface area contributed by atoms with Crippen LogP contribution in [0, 0.1) is 17.8 Å². The highest BCUT2D eigenvalue weighted by atomic mass is 19.4. The minimum atomic E-state index is -4.34. The second-order valence-electron chi connectivity index (χ2n) is 8.09. The van der Waals surface area contributed by atoms with Crippen molar-refractivity contribution in [3.63, 3.8) is 0 Å². The first-order valence-electron chi connectivity index (χ1n) is 9.71. The number of hydrogen-bond acceptors (Lipinski definition) is 1. The number of fused-ring (bicyclic) bond motifs is 3. The van der Waals surface area contributed by atoms with E-state index in [4.69, 9.17) is 0 Å². The SMILES string of the molecule is O=C([C@@H]1[C@H]2CC[C@H](C2)[C@@H]1c1ccc(C(F)(F)F)cc1)n1ccc2ccccc21. The summed E-state index contributed by atoms with van der Waals surface area (Å²) in [4.78, 5) is 13.5. The smallest absolute Gasteiger partial charge is 0.287 e. The summed E-state index contributed by atoms with van der Waals surface area (Å²) in [6.07, 6.45) is 0.542. The van der Waals surface area contributed by atoms with Gasteiger partial charge in [0.2, 0.25) is 5.91 Å². The average molecular weight is 383 g/mol. The van der Waals surface area contributed by atoms with Gasteiger partial charge >= 0.3 is 6.18 Å². The molecule has 2 fully saturated rings. The maximum atomic E-state index is 13.5. The molecule has 2 aromatic carbocycles. The van der Waals surface area contributed by atoms with Crippen molar-refractivity contribution in [1.82, 2.24) is 4.57 Å². The van der Waals surface area contributed by atoms with Crippen molar-refractivity contribution in [3.8, 4) is 0 Å². The predicted molar refractivity (Wildman–Crippen MR) is 101 cm³/mol. The largest absolute Gasteiger partial charge is 0.416 e. The van der Waals surface area contributed by atoms with E-state index in [-0.39, 0.29) is 17.7 Å². The summed E-state index contributed by atoms with van der Waals surface area (Å²) in [6.45, 7) is 0. The number of carbonyl (C=O) groups is 1. The number of aromatic nitrogens is 1. The number of alkyl halides is 3. The third-order valence-electron chi connectivity index (χ3n) is 6.66. The summed E-state index contributed by atoms with van der Waals surface area (Å²) >= 11 is 0. The highest BCUT2D eigenvalue weighted by Gasteiger charge is 2.51. The van der Waals surface area contributed by atoms with Crippen molar-refractivity contribution in [2.24, 2.45) is 17.8 Å². The molecule has 3 aromatic rings. The van der Waals surface area contributed by atoms with Crippen LogP contribution in [0.4, 0.5) is 13.2 Å². The Bertz CT molecular complexity index is 1030. The molecule has 0 amide bonds. The van der Waals surface area contributed by atoms with Crippen molar-refractivity contribution in [1.29, 1.82) is 0 Å². The number of rotatable bonds is 2. The van der Waals surface area contributed by atoms with Crippen LogP contribution in [0.25, 0.3) is 10.9 Å². The fourth-order valence-corrected chi connectivity index (χ4v) is 5.46. The molecule has 0 unspecified atom stereocenters. The van der Waals surface area contributed by atoms with Gasteiger partial charge in [-0.15, -0.1) is 0 Å². The molecule has 0 saturated heterocycles. The molecule has 1 aromatic heterocycles. The zero-order valence-electron chi connectivity index (χ0n) is 15.2. The maximum absolute atomic E-state index is 13.5. The molecule has 0 radical (unpaired) electrons. The van der Waals surface area contributed by atoms with E-state index in [0.29, 0.717) is 11.8 Å². The molecule has 1 heterocycles. The molecule has 2 aliphatic carbocycles. The van der Waals surface area contributed by atoms with Gasteiger partial charge in [-0.05, 0) is 66.8 Å². The Labute approximate surface area is 161 Å². The van der Waals surface area contributed by atoms with Gasteiger partial charge in [0.15, 0.2) is 0 Å². The molecule has 28 heavy (non-hydrogen) atoms. The summed E-state index contributed by atoms with van der Waals surface area (Å²) in [6, 6.07) is 15.2. The fraction of sp³-hybridized carbons (Fsp3) is 0.348. The van der Waals surface area contributed by atoms with Crippen LogP contribution in [0.1, 0.15) is 41.1 Å². The van der Waals surface area contributed by atoms with Gasteiger partial charge in [-0.1, -0.05) is 30.3 Å². The van der Waals surface area contributed by atoms with Gasteiger partial charge in [0.1, 0.15) is 0 Å². The van der Waals surface area contributed by atoms with Gasteiger partial charge in [-0.25, -0.2) is 0 Å². The zero-order valence-corrected chi connectivity index (χ0v) is 15.2. The number of benzene rings is 2. The van der Waals surface area contributed by atoms with Gasteiger partial charge in [-0.3, -0.25) is 9.36 Å². The minimum absolute atomic E-state index is 0.00491. The molecule has 0 aliphatic heterocycles. The lowest BCUT2D eigenvalue weighted by Crippen LogP contribution is -2.31. The number of hydrogen-bond donors (Lipinski definition) is 0. The van der Waals surface area contributed by atoms with Gasteiger partial charge < -0.3 is 0 Å². The van der Waals surface area contributed by atoms with Crippen LogP contribution in [0.5, 0.6) is 0 Å². The molecule has 2 saturated carbocycles. The van der Waals surface area contributed by atoms with Gasteiger partial charge in [0.05, 0.1) is 11.1 Å². The van der Waals surface area contributed by atoms with E-state index in [1.807, 2.05) is 36.5 Å². The van der Waals surface area contributed by atoms with Crippen molar-refractivity contribution in [3.05, 3.63) is 71.9 Å². The highest BCUT2D eigenvalue weighted by molar-refractivity contribution is 5.94. The first kappa shape index (κ1) is 17.5. The molecule has 2 bridgehead atoms. The summed E-state index contributed by atoms with van der Waals surface area (Å²) in [5.74, 6) is 0.572. The second-order valence-corrected chi connectivity index (χ2v) is 8.09. The van der Waals surface area contributed by atoms with Crippen LogP contribution in [0.15, 0.2) is 60.8 Å². The Kier molecular flexibility index (Phi) is 3.90. The summed E-state index contributed by atoms with van der Waals surface area (Å²) in [5.41, 5.74) is 1.11. The van der Waals surface area contributed by atoms with E-state index in [2.05, 4.69) is 0 Å². The molecule has 2 aliphatic rings. The normalized spacial score (nSPS) is 26.8. The molecule has 4 atom stereocenters. The third kappa shape index (κ3) is 2.67. The lowest BCUT2D eigenvalue weighted by Gasteiger charge is -2.31. The van der Waals surface area contributed by atoms with Gasteiger partial charge in [0, 0.05) is 17.5 Å². The second kappa shape index (κ2) is 6.23. The van der Waals surface area contributed by atoms with Crippen molar-refractivity contribution < 1.29 is 18.0 Å². The predicted octanol–water partition coefficient (Wildman–Crippen LogP) is 6.13. The van der Waals surface area contributed by atoms with E-state index in [1.54, 1.807) is 16.7 Å². The summed E-state index contributed by atoms with van der Waals surface area (Å²) in [5, 5.41) is 1.02. The maximum Gasteiger partial charge on any atom is 0.416 e. The molecule has 5 rings (SSSR count). The van der Waals surface area contributed by atoms with Crippen LogP contribution in [0.2, 0.25) is 0 Å². The zero-order chi connectivity index (χ0) is 19.5. The average Bonchev–Trinajstić information content (AvgIpc) is 3.40. The van der Waals surface area contributed by atoms with E-state index in [0.717, 1.165) is 47.9 Å². The standard InChI is InChI=1S/C23H20F3NO/c24-23(25,26)18-9-7-15(8-10-18)20-16-5-6-17(13-16)21(20)22(28)27-12-11-14-3-1-2-4-19(14)27/h1-4,7-12,16-17,20-21H,5-6,13H2/t16-,17+,20+,21-/m1/s1. The number of halogens is 3. The molecule has 144 valence electrons. The van der Waals surface area contributed by atoms with Crippen LogP contribution in [-0.2, 0) is 6.18 Å². The summed E-state index contributed by atoms with van der Waals surface area (Å²) in [7, 11) is 0. The van der Waals surface area contributed by atoms with E-state index in [9.17, 15) is 18.0 Å². The molecular weight excluding hydrogens is 363 g/mol. The first-order valence-corrected chi connectivity index (χ1v) is 9.71. The van der Waals surface area contributed by atoms with Gasteiger partial charge in [-0.2, -0.15) is 13.2 Å². The number of para-hydroxylation sites is 1. The number of nitrogens with zero attached hydrogens (tertiary/aromatic N) is 1. The van der Waals surface area contributed by atoms with Crippen molar-refractivity contribution >= 4 is 16.8 Å². The van der Waals surface area contributed by atoms with E-state index in [1.165, 1.54) is 0 Å². The monoisotopic (exact) mass is 383 g/mol. The van der Waals surface area contributed by atoms with E-state index >= 15 is 0 Å². The van der Waals surface area contributed by atoms with Crippen LogP contribution in [-0.4, -0.2) is 10.5 Å². The van der Waals surface area contributed by atoms with Gasteiger partial charge in [0.25, 0.3) is 0 Å². The minimum Gasteiger partial charge on any atom is -0.287 e. The lowest BCUT2D eigenvalue weighted by atomic mass is 9.75. The Hall–Kier alpha value is -2.56. The number of carbonyl (C=O) groups excluding carboxylic acids is 1. The Morgan fingerprint density at radius 1 is 0.929 bits per heavy atom. The topological polar surface area (TPSA) is 22.0 Å². The van der Waals surface area contributed by atoms with Crippen LogP contribution >= 0.6 is 0 Å². The van der Waals surface area contributed by atoms with Crippen molar-refractivity contribution in [2.45, 2.75) is 31.4 Å². The Morgan fingerprint density at radius 3 is 2.39 bits per heavy atom. The van der Waals surface area contributed by atoms with E-state index < -0.39 is 11.7 Å².